The molecule has 6 rings (SSSR count). The van der Waals surface area contributed by atoms with E-state index in [1.165, 1.54) is 0 Å². The van der Waals surface area contributed by atoms with E-state index in [1.807, 2.05) is 80.3 Å². The van der Waals surface area contributed by atoms with E-state index < -0.39 is 5.60 Å². The fraction of sp³-hybridized carbons (Fsp3) is 0.161. The van der Waals surface area contributed by atoms with Gasteiger partial charge in [-0.1, -0.05) is 54.1 Å². The van der Waals surface area contributed by atoms with Crippen molar-refractivity contribution in [2.75, 3.05) is 0 Å². The molecule has 1 atom stereocenters. The molecule has 4 heterocycles. The summed E-state index contributed by atoms with van der Waals surface area (Å²) < 4.78 is 3.57. The molecule has 0 aliphatic heterocycles. The van der Waals surface area contributed by atoms with Crippen LogP contribution in [0, 0.1) is 6.92 Å². The Morgan fingerprint density at radius 3 is 2.41 bits per heavy atom. The Morgan fingerprint density at radius 2 is 1.74 bits per heavy atom. The summed E-state index contributed by atoms with van der Waals surface area (Å²) in [5.41, 5.74) is 5.71. The number of aliphatic hydroxyl groups is 1. The molecule has 8 heteroatoms. The van der Waals surface area contributed by atoms with Crippen molar-refractivity contribution in [3.05, 3.63) is 130 Å². The number of hydrogen-bond donors (Lipinski definition) is 1. The zero-order valence-electron chi connectivity index (χ0n) is 21.9. The topological polar surface area (TPSA) is 81.7 Å². The van der Waals surface area contributed by atoms with Crippen LogP contribution in [0.1, 0.15) is 33.6 Å². The number of fused-ring (bicyclic) bond motifs is 1. The fourth-order valence-electron chi connectivity index (χ4n) is 5.08. The Labute approximate surface area is 231 Å². The molecular formula is C31H27ClN6O. The maximum Gasteiger partial charge on any atom is 0.158 e. The van der Waals surface area contributed by atoms with Gasteiger partial charge in [0.25, 0.3) is 0 Å². The highest BCUT2D eigenvalue weighted by atomic mass is 35.5. The van der Waals surface area contributed by atoms with E-state index >= 15 is 0 Å². The first-order valence-corrected chi connectivity index (χ1v) is 13.0. The van der Waals surface area contributed by atoms with Gasteiger partial charge in [0.2, 0.25) is 0 Å². The van der Waals surface area contributed by atoms with Crippen LogP contribution < -0.4 is 0 Å². The van der Waals surface area contributed by atoms with Crippen LogP contribution in [0.5, 0.6) is 0 Å². The predicted molar refractivity (Wildman–Crippen MR) is 152 cm³/mol. The molecule has 0 saturated heterocycles. The van der Waals surface area contributed by atoms with E-state index in [9.17, 15) is 5.11 Å². The second-order valence-electron chi connectivity index (χ2n) is 9.84. The highest BCUT2D eigenvalue weighted by Gasteiger charge is 2.37. The first kappa shape index (κ1) is 25.0. The maximum atomic E-state index is 12.4. The molecule has 7 nitrogen and oxygen atoms in total. The summed E-state index contributed by atoms with van der Waals surface area (Å²) in [7, 11) is 3.75. The number of pyridine rings is 2. The summed E-state index contributed by atoms with van der Waals surface area (Å²) in [6, 6.07) is 19.7. The minimum atomic E-state index is -1.51. The molecule has 1 unspecified atom stereocenters. The van der Waals surface area contributed by atoms with Crippen molar-refractivity contribution in [3.63, 3.8) is 0 Å². The molecule has 0 amide bonds. The molecule has 0 saturated carbocycles. The van der Waals surface area contributed by atoms with E-state index in [4.69, 9.17) is 16.6 Å². The second-order valence-corrected chi connectivity index (χ2v) is 10.2. The highest BCUT2D eigenvalue weighted by molar-refractivity contribution is 6.36. The van der Waals surface area contributed by atoms with Crippen LogP contribution in [0.15, 0.2) is 91.8 Å². The molecule has 39 heavy (non-hydrogen) atoms. The SMILES string of the molecule is Cc1ccc(C(O)(c2ccc3nc(-c4cnn(C)c4)c(Cc4ccccc4)c(Cl)c3c2)c2cncn2C)cn1. The van der Waals surface area contributed by atoms with Gasteiger partial charge in [0, 0.05) is 60.7 Å². The minimum absolute atomic E-state index is 0.596. The van der Waals surface area contributed by atoms with Crippen molar-refractivity contribution in [1.82, 2.24) is 29.3 Å². The summed E-state index contributed by atoms with van der Waals surface area (Å²) in [6.07, 6.45) is 9.41. The largest absolute Gasteiger partial charge is 0.374 e. The lowest BCUT2D eigenvalue weighted by molar-refractivity contribution is 0.117. The monoisotopic (exact) mass is 534 g/mol. The molecule has 0 radical (unpaired) electrons. The number of hydrogen-bond acceptors (Lipinski definition) is 5. The fourth-order valence-corrected chi connectivity index (χ4v) is 5.39. The Balaban J connectivity index is 1.59. The first-order valence-electron chi connectivity index (χ1n) is 12.6. The molecule has 2 aromatic carbocycles. The summed E-state index contributed by atoms with van der Waals surface area (Å²) in [6.45, 7) is 1.92. The smallest absolute Gasteiger partial charge is 0.158 e. The number of nitrogens with zero attached hydrogens (tertiary/aromatic N) is 6. The third kappa shape index (κ3) is 4.39. The number of aromatic nitrogens is 6. The Bertz CT molecular complexity index is 1790. The Morgan fingerprint density at radius 1 is 0.949 bits per heavy atom. The average molecular weight is 535 g/mol. The normalized spacial score (nSPS) is 13.1. The Kier molecular flexibility index (Phi) is 6.25. The van der Waals surface area contributed by atoms with E-state index in [-0.39, 0.29) is 0 Å². The van der Waals surface area contributed by atoms with E-state index in [0.717, 1.165) is 39.0 Å². The summed E-state index contributed by atoms with van der Waals surface area (Å²) in [5.74, 6) is 0. The van der Waals surface area contributed by atoms with Gasteiger partial charge in [-0.2, -0.15) is 5.10 Å². The van der Waals surface area contributed by atoms with Gasteiger partial charge in [0.1, 0.15) is 0 Å². The average Bonchev–Trinajstić information content (AvgIpc) is 3.58. The molecule has 0 spiro atoms. The molecular weight excluding hydrogens is 508 g/mol. The minimum Gasteiger partial charge on any atom is -0.374 e. The van der Waals surface area contributed by atoms with E-state index in [2.05, 4.69) is 27.2 Å². The van der Waals surface area contributed by atoms with Crippen molar-refractivity contribution in [1.29, 1.82) is 0 Å². The third-order valence-electron chi connectivity index (χ3n) is 7.15. The van der Waals surface area contributed by atoms with Crippen LogP contribution in [0.4, 0.5) is 0 Å². The lowest BCUT2D eigenvalue weighted by Crippen LogP contribution is -2.31. The number of halogens is 1. The lowest BCUT2D eigenvalue weighted by atomic mass is 9.83. The maximum absolute atomic E-state index is 12.4. The van der Waals surface area contributed by atoms with Crippen LogP contribution in [-0.2, 0) is 26.1 Å². The van der Waals surface area contributed by atoms with Crippen LogP contribution in [0.25, 0.3) is 22.2 Å². The molecule has 6 aromatic rings. The number of imidazole rings is 1. The quantitative estimate of drug-likeness (QED) is 0.301. The predicted octanol–water partition coefficient (Wildman–Crippen LogP) is 5.60. The van der Waals surface area contributed by atoms with Gasteiger partial charge in [-0.3, -0.25) is 9.67 Å². The molecule has 0 bridgehead atoms. The third-order valence-corrected chi connectivity index (χ3v) is 7.58. The van der Waals surface area contributed by atoms with Crippen molar-refractivity contribution >= 4 is 22.5 Å². The van der Waals surface area contributed by atoms with Crippen molar-refractivity contribution in [3.8, 4) is 11.3 Å². The second kappa shape index (κ2) is 9.76. The van der Waals surface area contributed by atoms with Gasteiger partial charge < -0.3 is 9.67 Å². The summed E-state index contributed by atoms with van der Waals surface area (Å²) >= 11 is 7.22. The number of rotatable bonds is 6. The van der Waals surface area contributed by atoms with Crippen molar-refractivity contribution < 1.29 is 5.11 Å². The van der Waals surface area contributed by atoms with Crippen LogP contribution in [0.2, 0.25) is 5.02 Å². The lowest BCUT2D eigenvalue weighted by Gasteiger charge is -2.30. The molecule has 0 fully saturated rings. The molecule has 1 N–H and O–H groups in total. The standard InChI is InChI=1S/C31H27ClN6O/c1-20-9-10-24(16-34-20)31(39,28-17-33-19-37(28)2)23-11-12-27-25(14-23)29(32)26(13-21-7-5-4-6-8-21)30(36-27)22-15-35-38(3)18-22/h4-12,14-19,39H,13H2,1-3H3. The molecule has 0 aliphatic carbocycles. The van der Waals surface area contributed by atoms with Gasteiger partial charge in [0.05, 0.1) is 40.6 Å². The van der Waals surface area contributed by atoms with Crippen LogP contribution >= 0.6 is 11.6 Å². The zero-order valence-corrected chi connectivity index (χ0v) is 22.6. The number of aryl methyl sites for hydroxylation is 3. The number of benzene rings is 2. The van der Waals surface area contributed by atoms with Crippen molar-refractivity contribution in [2.24, 2.45) is 14.1 Å². The summed E-state index contributed by atoms with van der Waals surface area (Å²) in [4.78, 5) is 13.8. The zero-order chi connectivity index (χ0) is 27.1. The summed E-state index contributed by atoms with van der Waals surface area (Å²) in [5, 5.41) is 18.1. The first-order chi connectivity index (χ1) is 18.8. The van der Waals surface area contributed by atoms with Crippen molar-refractivity contribution in [2.45, 2.75) is 18.9 Å². The van der Waals surface area contributed by atoms with Gasteiger partial charge in [0.15, 0.2) is 5.60 Å². The van der Waals surface area contributed by atoms with E-state index in [0.29, 0.717) is 28.3 Å². The highest BCUT2D eigenvalue weighted by Crippen LogP contribution is 2.40. The van der Waals surface area contributed by atoms with Crippen LogP contribution in [-0.4, -0.2) is 34.4 Å². The Hall–Kier alpha value is -4.33. The molecule has 194 valence electrons. The molecule has 4 aromatic heterocycles. The van der Waals surface area contributed by atoms with Gasteiger partial charge in [-0.25, -0.2) is 9.97 Å². The van der Waals surface area contributed by atoms with Crippen LogP contribution in [0.3, 0.4) is 0 Å². The van der Waals surface area contributed by atoms with E-state index in [1.54, 1.807) is 29.6 Å². The van der Waals surface area contributed by atoms with Gasteiger partial charge in [-0.05, 0) is 36.2 Å². The van der Waals surface area contributed by atoms with Gasteiger partial charge in [-0.15, -0.1) is 0 Å². The van der Waals surface area contributed by atoms with Gasteiger partial charge >= 0.3 is 0 Å². The molecule has 0 aliphatic rings.